The van der Waals surface area contributed by atoms with Gasteiger partial charge in [0.05, 0.1) is 17.2 Å². The summed E-state index contributed by atoms with van der Waals surface area (Å²) in [4.78, 5) is 14.5. The van der Waals surface area contributed by atoms with E-state index in [9.17, 15) is 31.1 Å². The highest BCUT2D eigenvalue weighted by molar-refractivity contribution is 5.95. The molecule has 0 bridgehead atoms. The first kappa shape index (κ1) is 26.1. The molecule has 0 spiro atoms. The quantitative estimate of drug-likeness (QED) is 0.257. The summed E-state index contributed by atoms with van der Waals surface area (Å²) in [6.07, 6.45) is -6.69. The number of carbonyl (C=O) groups is 1. The van der Waals surface area contributed by atoms with Crippen molar-refractivity contribution in [3.8, 4) is 0 Å². The third-order valence-electron chi connectivity index (χ3n) is 5.65. The van der Waals surface area contributed by atoms with E-state index in [0.29, 0.717) is 12.1 Å². The second-order valence-corrected chi connectivity index (χ2v) is 8.03. The van der Waals surface area contributed by atoms with Crippen LogP contribution in [0.2, 0.25) is 0 Å². The Balaban J connectivity index is 2.12. The van der Waals surface area contributed by atoms with Gasteiger partial charge in [-0.3, -0.25) is 4.79 Å². The highest BCUT2D eigenvalue weighted by Gasteiger charge is 2.38. The Kier molecular flexibility index (Phi) is 7.73. The van der Waals surface area contributed by atoms with Crippen molar-refractivity contribution >= 4 is 5.91 Å². The minimum Gasteiger partial charge on any atom is -0.334 e. The number of likely N-dealkylation sites (N-methyl/N-ethyl adjacent to an activating group) is 1. The fourth-order valence-corrected chi connectivity index (χ4v) is 3.99. The molecule has 0 aliphatic heterocycles. The molecule has 3 rings (SSSR count). The lowest BCUT2D eigenvalue weighted by atomic mass is 9.84. The molecule has 1 amide bonds. The predicted molar refractivity (Wildman–Crippen MR) is 122 cm³/mol. The van der Waals surface area contributed by atoms with E-state index in [0.717, 1.165) is 11.1 Å². The maximum Gasteiger partial charge on any atom is 0.416 e. The molecule has 0 heterocycles. The summed E-state index contributed by atoms with van der Waals surface area (Å²) >= 11 is 0. The van der Waals surface area contributed by atoms with E-state index in [4.69, 9.17) is 0 Å². The molecule has 0 radical (unpaired) electrons. The van der Waals surface area contributed by atoms with Crippen LogP contribution >= 0.6 is 0 Å². The van der Waals surface area contributed by atoms with Gasteiger partial charge in [-0.1, -0.05) is 72.8 Å². The minimum atomic E-state index is -5.05. The molecule has 0 aliphatic rings. The third-order valence-corrected chi connectivity index (χ3v) is 5.65. The lowest BCUT2D eigenvalue weighted by Crippen LogP contribution is -2.40. The van der Waals surface area contributed by atoms with Crippen LogP contribution in [0.5, 0.6) is 0 Å². The van der Waals surface area contributed by atoms with Crippen LogP contribution in [0.15, 0.2) is 91.0 Å². The van der Waals surface area contributed by atoms with Crippen molar-refractivity contribution in [2.24, 2.45) is 0 Å². The van der Waals surface area contributed by atoms with Crippen molar-refractivity contribution in [1.82, 2.24) is 4.90 Å². The Morgan fingerprint density at radius 2 is 1.20 bits per heavy atom. The van der Waals surface area contributed by atoms with Crippen molar-refractivity contribution in [2.75, 3.05) is 7.05 Å². The molecule has 35 heavy (non-hydrogen) atoms. The van der Waals surface area contributed by atoms with Gasteiger partial charge in [0.2, 0.25) is 0 Å². The number of halogens is 6. The maximum absolute atomic E-state index is 13.3. The third kappa shape index (κ3) is 6.12. The van der Waals surface area contributed by atoms with Crippen LogP contribution in [-0.4, -0.2) is 23.9 Å². The van der Waals surface area contributed by atoms with Crippen molar-refractivity contribution in [3.05, 3.63) is 119 Å². The molecule has 184 valence electrons. The van der Waals surface area contributed by atoms with Crippen LogP contribution in [0.1, 0.15) is 45.5 Å². The number of amides is 1. The monoisotopic (exact) mass is 491 g/mol. The van der Waals surface area contributed by atoms with Crippen LogP contribution in [0.4, 0.5) is 26.3 Å². The molecular weight excluding hydrogens is 468 g/mol. The summed E-state index contributed by atoms with van der Waals surface area (Å²) in [7, 11) is 1.37. The van der Waals surface area contributed by atoms with Crippen molar-refractivity contribution in [1.29, 1.82) is 0 Å². The fraction of sp³-hybridized carbons (Fsp3) is 0.222. The molecule has 0 saturated carbocycles. The van der Waals surface area contributed by atoms with E-state index in [1.54, 1.807) is 19.1 Å². The van der Waals surface area contributed by atoms with Crippen molar-refractivity contribution in [3.63, 3.8) is 0 Å². The van der Waals surface area contributed by atoms with E-state index in [1.165, 1.54) is 11.9 Å². The highest BCUT2D eigenvalue weighted by atomic mass is 19.4. The maximum atomic E-state index is 13.3. The summed E-state index contributed by atoms with van der Waals surface area (Å²) in [5.41, 5.74) is -2.09. The molecule has 0 N–H and O–H groups in total. The number of hydrogen-bond acceptors (Lipinski definition) is 1. The summed E-state index contributed by atoms with van der Waals surface area (Å²) in [5, 5.41) is 0. The number of rotatable bonds is 6. The zero-order valence-corrected chi connectivity index (χ0v) is 18.9. The largest absolute Gasteiger partial charge is 0.416 e. The van der Waals surface area contributed by atoms with Crippen LogP contribution in [0, 0.1) is 0 Å². The zero-order valence-electron chi connectivity index (χ0n) is 18.9. The Morgan fingerprint density at radius 3 is 1.57 bits per heavy atom. The van der Waals surface area contributed by atoms with E-state index in [2.05, 4.69) is 0 Å². The molecule has 0 aliphatic carbocycles. The van der Waals surface area contributed by atoms with Gasteiger partial charge in [0.25, 0.3) is 5.91 Å². The smallest absolute Gasteiger partial charge is 0.334 e. The Labute approximate surface area is 199 Å². The molecular formula is C27H23F6NO. The number of allylic oxidation sites excluding steroid dienone is 1. The van der Waals surface area contributed by atoms with Gasteiger partial charge < -0.3 is 4.90 Å². The fourth-order valence-electron chi connectivity index (χ4n) is 3.99. The molecule has 0 fully saturated rings. The second kappa shape index (κ2) is 10.4. The summed E-state index contributed by atoms with van der Waals surface area (Å²) in [5.74, 6) is -1.38. The predicted octanol–water partition coefficient (Wildman–Crippen LogP) is 7.57. The van der Waals surface area contributed by atoms with Crippen molar-refractivity contribution in [2.45, 2.75) is 31.2 Å². The van der Waals surface area contributed by atoms with Crippen LogP contribution in [-0.2, 0) is 12.4 Å². The van der Waals surface area contributed by atoms with Gasteiger partial charge in [0.15, 0.2) is 0 Å². The Bertz CT molecular complexity index is 1100. The van der Waals surface area contributed by atoms with Gasteiger partial charge >= 0.3 is 12.4 Å². The Hall–Kier alpha value is -3.55. The SMILES string of the molecule is CC=CC(C(c1ccccc1)c1ccccc1)N(C)C(=O)c1cc(C(F)(F)F)cc(C(F)(F)F)c1. The van der Waals surface area contributed by atoms with Crippen LogP contribution in [0.25, 0.3) is 0 Å². The topological polar surface area (TPSA) is 20.3 Å². The van der Waals surface area contributed by atoms with E-state index >= 15 is 0 Å². The van der Waals surface area contributed by atoms with Gasteiger partial charge in [0.1, 0.15) is 0 Å². The molecule has 2 nitrogen and oxygen atoms in total. The van der Waals surface area contributed by atoms with E-state index < -0.39 is 46.9 Å². The highest BCUT2D eigenvalue weighted by Crippen LogP contribution is 2.37. The minimum absolute atomic E-state index is 0.0109. The van der Waals surface area contributed by atoms with Gasteiger partial charge in [-0.05, 0) is 36.2 Å². The van der Waals surface area contributed by atoms with E-state index in [1.807, 2.05) is 60.7 Å². The first-order valence-electron chi connectivity index (χ1n) is 10.7. The van der Waals surface area contributed by atoms with E-state index in [-0.39, 0.29) is 6.07 Å². The van der Waals surface area contributed by atoms with Crippen LogP contribution in [0.3, 0.4) is 0 Å². The number of hydrogen-bond donors (Lipinski definition) is 0. The lowest BCUT2D eigenvalue weighted by molar-refractivity contribution is -0.143. The molecule has 8 heteroatoms. The van der Waals surface area contributed by atoms with Gasteiger partial charge in [-0.15, -0.1) is 0 Å². The standard InChI is InChI=1S/C27H23F6NO/c1-3-10-23(24(18-11-6-4-7-12-18)19-13-8-5-9-14-19)34(2)25(35)20-15-21(26(28,29)30)17-22(16-20)27(31,32)33/h3-17,23-24H,1-2H3. The van der Waals surface area contributed by atoms with Gasteiger partial charge in [-0.2, -0.15) is 26.3 Å². The summed E-state index contributed by atoms with van der Waals surface area (Å²) in [6.45, 7) is 1.73. The average molecular weight is 491 g/mol. The number of benzene rings is 3. The Morgan fingerprint density at radius 1 is 0.771 bits per heavy atom. The van der Waals surface area contributed by atoms with Gasteiger partial charge in [0, 0.05) is 18.5 Å². The average Bonchev–Trinajstić information content (AvgIpc) is 2.83. The molecule has 3 aromatic rings. The second-order valence-electron chi connectivity index (χ2n) is 8.03. The normalized spacial score (nSPS) is 13.3. The summed E-state index contributed by atoms with van der Waals surface area (Å²) in [6, 6.07) is 18.6. The zero-order chi connectivity index (χ0) is 25.8. The number of alkyl halides is 6. The first-order chi connectivity index (χ1) is 16.4. The molecule has 1 atom stereocenters. The molecule has 0 aromatic heterocycles. The number of carbonyl (C=O) groups excluding carboxylic acids is 1. The van der Waals surface area contributed by atoms with Gasteiger partial charge in [-0.25, -0.2) is 0 Å². The lowest BCUT2D eigenvalue weighted by Gasteiger charge is -2.34. The van der Waals surface area contributed by atoms with Crippen molar-refractivity contribution < 1.29 is 31.1 Å². The summed E-state index contributed by atoms with van der Waals surface area (Å²) < 4.78 is 80.1. The molecule has 3 aromatic carbocycles. The first-order valence-corrected chi connectivity index (χ1v) is 10.7. The molecule has 1 unspecified atom stereocenters. The van der Waals surface area contributed by atoms with Crippen LogP contribution < -0.4 is 0 Å². The molecule has 0 saturated heterocycles. The number of nitrogens with zero attached hydrogens (tertiary/aromatic N) is 1.